The van der Waals surface area contributed by atoms with Gasteiger partial charge in [0.1, 0.15) is 0 Å². The van der Waals surface area contributed by atoms with Crippen LogP contribution < -0.4 is 0 Å². The first-order chi connectivity index (χ1) is 9.81. The van der Waals surface area contributed by atoms with Crippen LogP contribution in [-0.4, -0.2) is 38.8 Å². The fourth-order valence-electron chi connectivity index (χ4n) is 1.66. The van der Waals surface area contributed by atoms with Crippen LogP contribution in [0.25, 0.3) is 0 Å². The monoisotopic (exact) mass is 434 g/mol. The predicted octanol–water partition coefficient (Wildman–Crippen LogP) is 4.15. The average molecular weight is 432 g/mol. The van der Waals surface area contributed by atoms with Crippen molar-refractivity contribution in [3.8, 4) is 0 Å². The molecule has 106 valence electrons. The molecule has 0 unspecified atom stereocenters. The SMILES string of the molecule is CSc1ccc(C[Se][Se]Cc2ccc(SC)cc2)cc1. The second-order valence-corrected chi connectivity index (χ2v) is 13.3. The van der Waals surface area contributed by atoms with E-state index in [4.69, 9.17) is 0 Å². The van der Waals surface area contributed by atoms with E-state index in [1.807, 2.05) is 23.5 Å². The molecule has 0 aliphatic heterocycles. The van der Waals surface area contributed by atoms with Gasteiger partial charge < -0.3 is 0 Å². The first-order valence-corrected chi connectivity index (χ1v) is 15.5. The van der Waals surface area contributed by atoms with E-state index < -0.39 is 0 Å². The summed E-state index contributed by atoms with van der Waals surface area (Å²) >= 11 is 5.17. The molecule has 0 amide bonds. The van der Waals surface area contributed by atoms with Gasteiger partial charge in [0.05, 0.1) is 0 Å². The standard InChI is InChI=1S/C16H18S2Se2/c1-17-15-7-3-13(4-8-15)11-19-20-12-14-5-9-16(18-2)10-6-14/h3-10H,11-12H2,1-2H3. The Morgan fingerprint density at radius 2 is 1.00 bits per heavy atom. The first-order valence-electron chi connectivity index (χ1n) is 6.32. The summed E-state index contributed by atoms with van der Waals surface area (Å²) in [6.45, 7) is 0. The molecule has 2 rings (SSSR count). The van der Waals surface area contributed by atoms with E-state index in [-0.39, 0.29) is 0 Å². The van der Waals surface area contributed by atoms with Gasteiger partial charge in [0, 0.05) is 0 Å². The fourth-order valence-corrected chi connectivity index (χ4v) is 8.99. The Morgan fingerprint density at radius 1 is 0.650 bits per heavy atom. The molecule has 0 N–H and O–H groups in total. The van der Waals surface area contributed by atoms with Gasteiger partial charge in [-0.1, -0.05) is 0 Å². The van der Waals surface area contributed by atoms with Crippen molar-refractivity contribution in [1.82, 2.24) is 0 Å². The summed E-state index contributed by atoms with van der Waals surface area (Å²) in [5.41, 5.74) is 3.00. The van der Waals surface area contributed by atoms with Gasteiger partial charge in [-0.15, -0.1) is 0 Å². The van der Waals surface area contributed by atoms with Crippen molar-refractivity contribution in [2.45, 2.75) is 20.4 Å². The Morgan fingerprint density at radius 3 is 1.30 bits per heavy atom. The third-order valence-corrected chi connectivity index (χ3v) is 11.0. The molecule has 0 aliphatic carbocycles. The van der Waals surface area contributed by atoms with E-state index >= 15 is 0 Å². The Labute approximate surface area is 141 Å². The number of thioether (sulfide) groups is 2. The van der Waals surface area contributed by atoms with Crippen molar-refractivity contribution < 1.29 is 0 Å². The van der Waals surface area contributed by atoms with Crippen LogP contribution >= 0.6 is 23.5 Å². The van der Waals surface area contributed by atoms with Crippen LogP contribution in [0.2, 0.25) is 0 Å². The summed E-state index contributed by atoms with van der Waals surface area (Å²) in [6, 6.07) is 18.1. The second kappa shape index (κ2) is 9.25. The molecular formula is C16H18S2Se2. The van der Waals surface area contributed by atoms with Crippen molar-refractivity contribution in [1.29, 1.82) is 0 Å². The molecule has 0 saturated heterocycles. The molecule has 0 fully saturated rings. The van der Waals surface area contributed by atoms with Crippen LogP contribution in [0.1, 0.15) is 11.1 Å². The number of hydrogen-bond acceptors (Lipinski definition) is 2. The Kier molecular flexibility index (Phi) is 7.65. The summed E-state index contributed by atoms with van der Waals surface area (Å²) in [6.07, 6.45) is 4.26. The topological polar surface area (TPSA) is 0 Å². The van der Waals surface area contributed by atoms with E-state index in [1.54, 1.807) is 0 Å². The molecule has 4 heteroatoms. The average Bonchev–Trinajstić information content (AvgIpc) is 2.53. The van der Waals surface area contributed by atoms with E-state index in [2.05, 4.69) is 61.0 Å². The summed E-state index contributed by atoms with van der Waals surface area (Å²) in [5.74, 6) is 0. The molecule has 0 radical (unpaired) electrons. The molecular weight excluding hydrogens is 414 g/mol. The second-order valence-electron chi connectivity index (χ2n) is 4.22. The van der Waals surface area contributed by atoms with E-state index in [9.17, 15) is 0 Å². The van der Waals surface area contributed by atoms with Gasteiger partial charge in [-0.05, 0) is 0 Å². The fraction of sp³-hybridized carbons (Fsp3) is 0.250. The van der Waals surface area contributed by atoms with Gasteiger partial charge in [-0.3, -0.25) is 0 Å². The third kappa shape index (κ3) is 5.52. The summed E-state index contributed by atoms with van der Waals surface area (Å²) < 4.78 is 0. The quantitative estimate of drug-likeness (QED) is 0.366. The maximum atomic E-state index is 2.29. The predicted molar refractivity (Wildman–Crippen MR) is 95.4 cm³/mol. The molecule has 20 heavy (non-hydrogen) atoms. The van der Waals surface area contributed by atoms with Crippen molar-refractivity contribution in [3.63, 3.8) is 0 Å². The molecule has 0 atom stereocenters. The maximum absolute atomic E-state index is 2.29. The number of rotatable bonds is 7. The molecule has 0 aliphatic rings. The molecule has 0 aromatic heterocycles. The van der Waals surface area contributed by atoms with Crippen molar-refractivity contribution in [2.75, 3.05) is 12.5 Å². The molecule has 0 bridgehead atoms. The van der Waals surface area contributed by atoms with Gasteiger partial charge in [-0.25, -0.2) is 0 Å². The van der Waals surface area contributed by atoms with Gasteiger partial charge in [-0.2, -0.15) is 0 Å². The van der Waals surface area contributed by atoms with Crippen LogP contribution in [0.3, 0.4) is 0 Å². The van der Waals surface area contributed by atoms with Crippen molar-refractivity contribution in [2.24, 2.45) is 0 Å². The first kappa shape index (κ1) is 16.5. The number of benzene rings is 2. The zero-order valence-electron chi connectivity index (χ0n) is 11.7. The minimum absolute atomic E-state index is 0.770. The van der Waals surface area contributed by atoms with Crippen molar-refractivity contribution in [3.05, 3.63) is 59.7 Å². The molecule has 0 saturated carbocycles. The third-order valence-electron chi connectivity index (χ3n) is 2.85. The van der Waals surface area contributed by atoms with Crippen LogP contribution in [0.15, 0.2) is 58.3 Å². The van der Waals surface area contributed by atoms with Crippen molar-refractivity contribution >= 4 is 49.8 Å². The zero-order chi connectivity index (χ0) is 14.2. The van der Waals surface area contributed by atoms with Gasteiger partial charge in [0.15, 0.2) is 0 Å². The van der Waals surface area contributed by atoms with E-state index in [0.29, 0.717) is 0 Å². The zero-order valence-corrected chi connectivity index (χ0v) is 16.7. The molecule has 2 aromatic carbocycles. The summed E-state index contributed by atoms with van der Waals surface area (Å²) in [4.78, 5) is 2.72. The Hall–Kier alpha value is 0.179. The van der Waals surface area contributed by atoms with E-state index in [0.717, 1.165) is 26.3 Å². The summed E-state index contributed by atoms with van der Waals surface area (Å²) in [7, 11) is 0. The molecule has 0 nitrogen and oxygen atoms in total. The van der Waals surface area contributed by atoms with Gasteiger partial charge in [0.2, 0.25) is 0 Å². The van der Waals surface area contributed by atoms with Gasteiger partial charge >= 0.3 is 142 Å². The van der Waals surface area contributed by atoms with E-state index in [1.165, 1.54) is 31.6 Å². The number of hydrogen-bond donors (Lipinski definition) is 0. The van der Waals surface area contributed by atoms with Crippen LogP contribution in [-0.2, 0) is 10.6 Å². The molecule has 0 spiro atoms. The molecule has 0 heterocycles. The van der Waals surface area contributed by atoms with Crippen LogP contribution in [0.4, 0.5) is 0 Å². The van der Waals surface area contributed by atoms with Crippen LogP contribution in [0, 0.1) is 0 Å². The Balaban J connectivity index is 1.72. The molecule has 2 aromatic rings. The van der Waals surface area contributed by atoms with Crippen LogP contribution in [0.5, 0.6) is 0 Å². The minimum atomic E-state index is 0.770. The summed E-state index contributed by atoms with van der Waals surface area (Å²) in [5, 5.41) is 2.56. The Bertz CT molecular complexity index is 460. The van der Waals surface area contributed by atoms with Gasteiger partial charge in [0.25, 0.3) is 0 Å². The normalized spacial score (nSPS) is 10.7.